The van der Waals surface area contributed by atoms with Crippen LogP contribution in [0.2, 0.25) is 0 Å². The van der Waals surface area contributed by atoms with Crippen LogP contribution in [-0.2, 0) is 6.54 Å². The third kappa shape index (κ3) is 1.50. The van der Waals surface area contributed by atoms with Gasteiger partial charge in [0.2, 0.25) is 0 Å². The smallest absolute Gasteiger partial charge is 0.122 e. The Balaban J connectivity index is 2.75. The van der Waals surface area contributed by atoms with E-state index in [-0.39, 0.29) is 0 Å². The van der Waals surface area contributed by atoms with Gasteiger partial charge in [0, 0.05) is 23.1 Å². The standard InChI is InChI=1S/C13H17NO/c1-5-14-10(3)7-11-8-13(15-4)9(2)6-12(11)14/h6-8H,5H2,1-4H3. The molecule has 80 valence electrons. The zero-order chi connectivity index (χ0) is 11.0. The van der Waals surface area contributed by atoms with Gasteiger partial charge in [0.05, 0.1) is 7.11 Å². The average Bonchev–Trinajstić information content (AvgIpc) is 2.51. The largest absolute Gasteiger partial charge is 0.496 e. The fourth-order valence-electron chi connectivity index (χ4n) is 2.17. The van der Waals surface area contributed by atoms with E-state index in [1.54, 1.807) is 7.11 Å². The van der Waals surface area contributed by atoms with Crippen molar-refractivity contribution in [3.8, 4) is 5.75 Å². The molecule has 0 amide bonds. The number of nitrogens with zero attached hydrogens (tertiary/aromatic N) is 1. The summed E-state index contributed by atoms with van der Waals surface area (Å²) >= 11 is 0. The molecule has 0 atom stereocenters. The molecule has 0 radical (unpaired) electrons. The van der Waals surface area contributed by atoms with Crippen molar-refractivity contribution >= 4 is 10.9 Å². The van der Waals surface area contributed by atoms with Gasteiger partial charge in [-0.15, -0.1) is 0 Å². The van der Waals surface area contributed by atoms with E-state index in [1.165, 1.54) is 22.2 Å². The molecule has 0 fully saturated rings. The van der Waals surface area contributed by atoms with Crippen LogP contribution in [0.3, 0.4) is 0 Å². The molecule has 2 nitrogen and oxygen atoms in total. The number of fused-ring (bicyclic) bond motifs is 1. The van der Waals surface area contributed by atoms with Crippen LogP contribution in [0.4, 0.5) is 0 Å². The second kappa shape index (κ2) is 3.61. The maximum atomic E-state index is 5.33. The summed E-state index contributed by atoms with van der Waals surface area (Å²) in [4.78, 5) is 0. The molecule has 15 heavy (non-hydrogen) atoms. The van der Waals surface area contributed by atoms with Crippen LogP contribution in [0.25, 0.3) is 10.9 Å². The minimum absolute atomic E-state index is 0.968. The highest BCUT2D eigenvalue weighted by Crippen LogP contribution is 2.27. The lowest BCUT2D eigenvalue weighted by atomic mass is 10.1. The van der Waals surface area contributed by atoms with Crippen molar-refractivity contribution in [2.75, 3.05) is 7.11 Å². The van der Waals surface area contributed by atoms with E-state index in [9.17, 15) is 0 Å². The quantitative estimate of drug-likeness (QED) is 0.730. The summed E-state index contributed by atoms with van der Waals surface area (Å²) in [6, 6.07) is 6.52. The summed E-state index contributed by atoms with van der Waals surface area (Å²) in [5.41, 5.74) is 3.80. The van der Waals surface area contributed by atoms with Gasteiger partial charge in [-0.05, 0) is 44.5 Å². The molecule has 1 heterocycles. The van der Waals surface area contributed by atoms with Crippen LogP contribution in [-0.4, -0.2) is 11.7 Å². The van der Waals surface area contributed by atoms with E-state index in [0.29, 0.717) is 0 Å². The Morgan fingerprint density at radius 2 is 1.93 bits per heavy atom. The molecular weight excluding hydrogens is 186 g/mol. The highest BCUT2D eigenvalue weighted by atomic mass is 16.5. The van der Waals surface area contributed by atoms with E-state index in [4.69, 9.17) is 4.74 Å². The van der Waals surface area contributed by atoms with Crippen molar-refractivity contribution in [1.82, 2.24) is 4.57 Å². The number of ether oxygens (including phenoxy) is 1. The molecular formula is C13H17NO. The van der Waals surface area contributed by atoms with Gasteiger partial charge < -0.3 is 9.30 Å². The van der Waals surface area contributed by atoms with Gasteiger partial charge in [-0.25, -0.2) is 0 Å². The van der Waals surface area contributed by atoms with E-state index in [1.807, 2.05) is 0 Å². The molecule has 0 bridgehead atoms. The van der Waals surface area contributed by atoms with Crippen LogP contribution < -0.4 is 4.74 Å². The zero-order valence-electron chi connectivity index (χ0n) is 9.79. The Bertz CT molecular complexity index is 497. The summed E-state index contributed by atoms with van der Waals surface area (Å²) < 4.78 is 7.65. The number of methoxy groups -OCH3 is 1. The summed E-state index contributed by atoms with van der Waals surface area (Å²) in [7, 11) is 1.72. The summed E-state index contributed by atoms with van der Waals surface area (Å²) in [5, 5.41) is 1.26. The van der Waals surface area contributed by atoms with Crippen molar-refractivity contribution in [1.29, 1.82) is 0 Å². The SMILES string of the molecule is CCn1c(C)cc2cc(OC)c(C)cc21. The average molecular weight is 203 g/mol. The van der Waals surface area contributed by atoms with Gasteiger partial charge in [0.15, 0.2) is 0 Å². The lowest BCUT2D eigenvalue weighted by Crippen LogP contribution is -1.96. The normalized spacial score (nSPS) is 10.9. The molecule has 2 heteroatoms. The second-order valence-corrected chi connectivity index (χ2v) is 3.91. The first-order valence-electron chi connectivity index (χ1n) is 5.31. The monoisotopic (exact) mass is 203 g/mol. The third-order valence-electron chi connectivity index (χ3n) is 2.94. The highest BCUT2D eigenvalue weighted by Gasteiger charge is 2.07. The number of hydrogen-bond donors (Lipinski definition) is 0. The lowest BCUT2D eigenvalue weighted by molar-refractivity contribution is 0.412. The summed E-state index contributed by atoms with van der Waals surface area (Å²) in [6.07, 6.45) is 0. The predicted octanol–water partition coefficient (Wildman–Crippen LogP) is 3.29. The minimum Gasteiger partial charge on any atom is -0.496 e. The maximum absolute atomic E-state index is 5.33. The van der Waals surface area contributed by atoms with Gasteiger partial charge in [-0.3, -0.25) is 0 Å². The Hall–Kier alpha value is -1.44. The minimum atomic E-state index is 0.968. The van der Waals surface area contributed by atoms with E-state index >= 15 is 0 Å². The summed E-state index contributed by atoms with van der Waals surface area (Å²) in [5.74, 6) is 0.968. The molecule has 0 aliphatic rings. The lowest BCUT2D eigenvalue weighted by Gasteiger charge is -2.07. The fourth-order valence-corrected chi connectivity index (χ4v) is 2.17. The fraction of sp³-hybridized carbons (Fsp3) is 0.385. The zero-order valence-corrected chi connectivity index (χ0v) is 9.79. The molecule has 2 rings (SSSR count). The number of rotatable bonds is 2. The van der Waals surface area contributed by atoms with Crippen molar-refractivity contribution < 1.29 is 4.74 Å². The Morgan fingerprint density at radius 3 is 2.53 bits per heavy atom. The molecule has 0 unspecified atom stereocenters. The van der Waals surface area contributed by atoms with Crippen LogP contribution in [0.15, 0.2) is 18.2 Å². The van der Waals surface area contributed by atoms with E-state index < -0.39 is 0 Å². The first kappa shape index (κ1) is 10.1. The van der Waals surface area contributed by atoms with Gasteiger partial charge in [-0.1, -0.05) is 0 Å². The van der Waals surface area contributed by atoms with Gasteiger partial charge in [0.25, 0.3) is 0 Å². The second-order valence-electron chi connectivity index (χ2n) is 3.91. The van der Waals surface area contributed by atoms with Crippen LogP contribution in [0.5, 0.6) is 5.75 Å². The van der Waals surface area contributed by atoms with Crippen LogP contribution >= 0.6 is 0 Å². The van der Waals surface area contributed by atoms with Crippen molar-refractivity contribution in [2.45, 2.75) is 27.3 Å². The predicted molar refractivity (Wildman–Crippen MR) is 63.6 cm³/mol. The number of aromatic nitrogens is 1. The molecule has 2 aromatic rings. The van der Waals surface area contributed by atoms with Gasteiger partial charge >= 0.3 is 0 Å². The first-order valence-corrected chi connectivity index (χ1v) is 5.31. The van der Waals surface area contributed by atoms with E-state index in [0.717, 1.165) is 12.3 Å². The van der Waals surface area contributed by atoms with Gasteiger partial charge in [-0.2, -0.15) is 0 Å². The topological polar surface area (TPSA) is 14.2 Å². The Labute approximate surface area is 90.5 Å². The van der Waals surface area contributed by atoms with Crippen LogP contribution in [0, 0.1) is 13.8 Å². The van der Waals surface area contributed by atoms with Crippen molar-refractivity contribution in [3.63, 3.8) is 0 Å². The van der Waals surface area contributed by atoms with Crippen molar-refractivity contribution in [3.05, 3.63) is 29.5 Å². The molecule has 0 aliphatic heterocycles. The molecule has 1 aromatic heterocycles. The highest BCUT2D eigenvalue weighted by molar-refractivity contribution is 5.84. The van der Waals surface area contributed by atoms with E-state index in [2.05, 4.69) is 43.5 Å². The molecule has 0 saturated carbocycles. The number of benzene rings is 1. The number of aryl methyl sites for hydroxylation is 3. The molecule has 1 aromatic carbocycles. The molecule has 0 saturated heterocycles. The third-order valence-corrected chi connectivity index (χ3v) is 2.94. The first-order chi connectivity index (χ1) is 7.17. The molecule has 0 N–H and O–H groups in total. The van der Waals surface area contributed by atoms with Gasteiger partial charge in [0.1, 0.15) is 5.75 Å². The molecule has 0 spiro atoms. The van der Waals surface area contributed by atoms with Crippen molar-refractivity contribution in [2.24, 2.45) is 0 Å². The van der Waals surface area contributed by atoms with Crippen LogP contribution in [0.1, 0.15) is 18.2 Å². The number of hydrogen-bond acceptors (Lipinski definition) is 1. The Kier molecular flexibility index (Phi) is 2.43. The summed E-state index contributed by atoms with van der Waals surface area (Å²) in [6.45, 7) is 7.42. The maximum Gasteiger partial charge on any atom is 0.122 e. The molecule has 0 aliphatic carbocycles. The Morgan fingerprint density at radius 1 is 1.20 bits per heavy atom.